The van der Waals surface area contributed by atoms with E-state index in [2.05, 4.69) is 16.8 Å². The largest absolute Gasteiger partial charge is 0.433 e. The van der Waals surface area contributed by atoms with Crippen LogP contribution >= 0.6 is 0 Å². The summed E-state index contributed by atoms with van der Waals surface area (Å²) in [7, 11) is 0. The van der Waals surface area contributed by atoms with Crippen molar-refractivity contribution in [2.24, 2.45) is 11.8 Å². The standard InChI is InChI=1S/C16H21F3N2O/c1-11-8-21(10-15(11,22)13-3-2-4-13)9-12-5-6-14(20-7-12)16(17,18)19/h5-7,11,13,22H,2-4,8-10H2,1H3/t11-,15+/m1/s1. The molecule has 2 aliphatic rings. The van der Waals surface area contributed by atoms with Crippen molar-refractivity contribution in [3.8, 4) is 0 Å². The summed E-state index contributed by atoms with van der Waals surface area (Å²) in [5.41, 5.74) is -0.757. The third-order valence-corrected chi connectivity index (χ3v) is 5.20. The van der Waals surface area contributed by atoms with Gasteiger partial charge in [0.2, 0.25) is 0 Å². The normalized spacial score (nSPS) is 30.5. The third-order valence-electron chi connectivity index (χ3n) is 5.20. The smallest absolute Gasteiger partial charge is 0.388 e. The quantitative estimate of drug-likeness (QED) is 0.931. The second-order valence-electron chi connectivity index (χ2n) is 6.74. The monoisotopic (exact) mass is 314 g/mol. The fourth-order valence-corrected chi connectivity index (χ4v) is 3.63. The van der Waals surface area contributed by atoms with Crippen molar-refractivity contribution in [1.29, 1.82) is 0 Å². The second-order valence-corrected chi connectivity index (χ2v) is 6.74. The van der Waals surface area contributed by atoms with E-state index in [1.807, 2.05) is 0 Å². The van der Waals surface area contributed by atoms with Gasteiger partial charge in [-0.15, -0.1) is 0 Å². The Morgan fingerprint density at radius 2 is 2.09 bits per heavy atom. The van der Waals surface area contributed by atoms with Gasteiger partial charge in [-0.3, -0.25) is 9.88 Å². The highest BCUT2D eigenvalue weighted by molar-refractivity contribution is 5.16. The summed E-state index contributed by atoms with van der Waals surface area (Å²) in [5.74, 6) is 0.568. The molecule has 0 bridgehead atoms. The van der Waals surface area contributed by atoms with E-state index in [0.717, 1.165) is 31.0 Å². The Bertz CT molecular complexity index is 527. The van der Waals surface area contributed by atoms with Gasteiger partial charge >= 0.3 is 6.18 Å². The summed E-state index contributed by atoms with van der Waals surface area (Å²) in [6.07, 6.45) is 0.231. The van der Waals surface area contributed by atoms with Crippen LogP contribution in [0.1, 0.15) is 37.4 Å². The summed E-state index contributed by atoms with van der Waals surface area (Å²) >= 11 is 0. The Kier molecular flexibility index (Phi) is 3.93. The van der Waals surface area contributed by atoms with Crippen molar-refractivity contribution >= 4 is 0 Å². The number of aromatic nitrogens is 1. The van der Waals surface area contributed by atoms with Gasteiger partial charge in [0.05, 0.1) is 5.60 Å². The first-order valence-corrected chi connectivity index (χ1v) is 7.76. The molecule has 1 aromatic rings. The summed E-state index contributed by atoms with van der Waals surface area (Å²) in [4.78, 5) is 5.61. The molecule has 2 atom stereocenters. The lowest BCUT2D eigenvalue weighted by Gasteiger charge is -2.41. The fourth-order valence-electron chi connectivity index (χ4n) is 3.63. The van der Waals surface area contributed by atoms with E-state index in [-0.39, 0.29) is 5.92 Å². The van der Waals surface area contributed by atoms with E-state index < -0.39 is 17.5 Å². The molecule has 0 aromatic carbocycles. The number of rotatable bonds is 3. The van der Waals surface area contributed by atoms with Gasteiger partial charge in [-0.05, 0) is 36.3 Å². The van der Waals surface area contributed by atoms with Crippen LogP contribution in [-0.2, 0) is 12.7 Å². The Labute approximate surface area is 128 Å². The van der Waals surface area contributed by atoms with Crippen LogP contribution in [-0.4, -0.2) is 33.7 Å². The lowest BCUT2D eigenvalue weighted by Crippen LogP contribution is -2.47. The van der Waals surface area contributed by atoms with Crippen LogP contribution in [0.3, 0.4) is 0 Å². The maximum Gasteiger partial charge on any atom is 0.433 e. The van der Waals surface area contributed by atoms with Gasteiger partial charge in [0.15, 0.2) is 0 Å². The first-order valence-electron chi connectivity index (χ1n) is 7.76. The van der Waals surface area contributed by atoms with Gasteiger partial charge in [-0.25, -0.2) is 0 Å². The van der Waals surface area contributed by atoms with Gasteiger partial charge in [0, 0.05) is 25.8 Å². The van der Waals surface area contributed by atoms with Crippen LogP contribution in [0.4, 0.5) is 13.2 Å². The predicted molar refractivity (Wildman–Crippen MR) is 76.0 cm³/mol. The number of pyridine rings is 1. The molecule has 22 heavy (non-hydrogen) atoms. The molecular weight excluding hydrogens is 293 g/mol. The molecule has 1 aliphatic heterocycles. The molecule has 3 nitrogen and oxygen atoms in total. The molecule has 0 radical (unpaired) electrons. The molecule has 2 heterocycles. The molecule has 1 saturated carbocycles. The molecule has 2 fully saturated rings. The number of hydrogen-bond donors (Lipinski definition) is 1. The zero-order valence-corrected chi connectivity index (χ0v) is 12.6. The van der Waals surface area contributed by atoms with E-state index >= 15 is 0 Å². The minimum absolute atomic E-state index is 0.195. The number of nitrogens with zero attached hydrogens (tertiary/aromatic N) is 2. The average molecular weight is 314 g/mol. The van der Waals surface area contributed by atoms with Crippen LogP contribution in [0.15, 0.2) is 18.3 Å². The van der Waals surface area contributed by atoms with Crippen molar-refractivity contribution in [3.05, 3.63) is 29.6 Å². The SMILES string of the molecule is C[C@@H]1CN(Cc2ccc(C(F)(F)F)nc2)C[C@@]1(O)C1CCC1. The summed E-state index contributed by atoms with van der Waals surface area (Å²) in [5, 5.41) is 10.9. The number of likely N-dealkylation sites (tertiary alicyclic amines) is 1. The molecule has 0 unspecified atom stereocenters. The zero-order valence-electron chi connectivity index (χ0n) is 12.6. The number of β-amino-alcohol motifs (C(OH)–C–C–N with tert-alkyl or cyclic N) is 1. The number of alkyl halides is 3. The molecule has 1 N–H and O–H groups in total. The summed E-state index contributed by atoms with van der Waals surface area (Å²) in [6, 6.07) is 2.49. The van der Waals surface area contributed by atoms with Crippen LogP contribution in [0.2, 0.25) is 0 Å². The van der Waals surface area contributed by atoms with Gasteiger partial charge in [0.25, 0.3) is 0 Å². The lowest BCUT2D eigenvalue weighted by molar-refractivity contribution is -0.141. The number of hydrogen-bond acceptors (Lipinski definition) is 3. The highest BCUT2D eigenvalue weighted by Gasteiger charge is 2.49. The third kappa shape index (κ3) is 2.86. The summed E-state index contributed by atoms with van der Waals surface area (Å²) < 4.78 is 37.5. The fraction of sp³-hybridized carbons (Fsp3) is 0.688. The van der Waals surface area contributed by atoms with Crippen molar-refractivity contribution in [2.75, 3.05) is 13.1 Å². The van der Waals surface area contributed by atoms with E-state index in [9.17, 15) is 18.3 Å². The molecule has 1 aromatic heterocycles. The summed E-state index contributed by atoms with van der Waals surface area (Å²) in [6.45, 7) is 3.96. The number of aliphatic hydroxyl groups is 1. The van der Waals surface area contributed by atoms with Gasteiger partial charge in [-0.1, -0.05) is 19.4 Å². The Morgan fingerprint density at radius 3 is 2.59 bits per heavy atom. The second kappa shape index (κ2) is 5.49. The Morgan fingerprint density at radius 1 is 1.36 bits per heavy atom. The molecule has 3 rings (SSSR count). The first-order chi connectivity index (χ1) is 10.3. The lowest BCUT2D eigenvalue weighted by atomic mass is 9.69. The van der Waals surface area contributed by atoms with Crippen molar-refractivity contribution in [2.45, 2.75) is 44.5 Å². The van der Waals surface area contributed by atoms with Crippen LogP contribution in [0.5, 0.6) is 0 Å². The van der Waals surface area contributed by atoms with Crippen molar-refractivity contribution < 1.29 is 18.3 Å². The Balaban J connectivity index is 1.64. The minimum atomic E-state index is -4.40. The van der Waals surface area contributed by atoms with Crippen LogP contribution in [0, 0.1) is 11.8 Å². The van der Waals surface area contributed by atoms with Crippen LogP contribution < -0.4 is 0 Å². The number of halogens is 3. The Hall–Kier alpha value is -1.14. The molecule has 6 heteroatoms. The van der Waals surface area contributed by atoms with E-state index in [4.69, 9.17) is 0 Å². The average Bonchev–Trinajstić information content (AvgIpc) is 2.62. The predicted octanol–water partition coefficient (Wildman–Crippen LogP) is 3.08. The van der Waals surface area contributed by atoms with Gasteiger partial charge in [0.1, 0.15) is 5.69 Å². The first kappa shape index (κ1) is 15.7. The molecule has 1 aliphatic carbocycles. The van der Waals surface area contributed by atoms with Gasteiger partial charge in [-0.2, -0.15) is 13.2 Å². The maximum absolute atomic E-state index is 12.5. The van der Waals surface area contributed by atoms with Crippen molar-refractivity contribution in [3.63, 3.8) is 0 Å². The zero-order chi connectivity index (χ0) is 16.0. The molecular formula is C16H21F3N2O. The van der Waals surface area contributed by atoms with Gasteiger partial charge < -0.3 is 5.11 Å². The maximum atomic E-state index is 12.5. The molecule has 122 valence electrons. The minimum Gasteiger partial charge on any atom is -0.388 e. The van der Waals surface area contributed by atoms with E-state index in [1.54, 1.807) is 0 Å². The molecule has 1 saturated heterocycles. The van der Waals surface area contributed by atoms with E-state index in [1.165, 1.54) is 18.7 Å². The molecule has 0 spiro atoms. The topological polar surface area (TPSA) is 36.4 Å². The van der Waals surface area contributed by atoms with Crippen molar-refractivity contribution in [1.82, 2.24) is 9.88 Å². The highest BCUT2D eigenvalue weighted by atomic mass is 19.4. The van der Waals surface area contributed by atoms with E-state index in [0.29, 0.717) is 19.0 Å². The highest BCUT2D eigenvalue weighted by Crippen LogP contribution is 2.44. The molecule has 0 amide bonds. The van der Waals surface area contributed by atoms with Crippen LogP contribution in [0.25, 0.3) is 0 Å².